The summed E-state index contributed by atoms with van der Waals surface area (Å²) in [5.41, 5.74) is 4.50. The molecule has 0 bridgehead atoms. The normalized spacial score (nSPS) is 10.4. The summed E-state index contributed by atoms with van der Waals surface area (Å²) >= 11 is 1.47. The van der Waals surface area contributed by atoms with Gasteiger partial charge in [0.1, 0.15) is 11.5 Å². The number of aryl methyl sites for hydroxylation is 2. The molecule has 1 heterocycles. The van der Waals surface area contributed by atoms with Gasteiger partial charge in [-0.05, 0) is 49.2 Å². The molecule has 3 rings (SSSR count). The predicted octanol–water partition coefficient (Wildman–Crippen LogP) is 4.67. The Labute approximate surface area is 161 Å². The number of esters is 1. The van der Waals surface area contributed by atoms with Gasteiger partial charge in [0.2, 0.25) is 0 Å². The highest BCUT2D eigenvalue weighted by Crippen LogP contribution is 2.24. The average Bonchev–Trinajstić information content (AvgIpc) is 3.01. The third-order valence-electron chi connectivity index (χ3n) is 4.08. The van der Waals surface area contributed by atoms with Crippen LogP contribution in [0.5, 0.6) is 5.75 Å². The molecule has 0 unspecified atom stereocenters. The van der Waals surface area contributed by atoms with Gasteiger partial charge in [-0.1, -0.05) is 29.4 Å². The molecule has 0 aliphatic rings. The fraction of sp³-hybridized carbons (Fsp3) is 0.190. The highest BCUT2D eigenvalue weighted by atomic mass is 32.2. The summed E-state index contributed by atoms with van der Waals surface area (Å²) in [6, 6.07) is 16.8. The molecule has 0 aliphatic carbocycles. The molecule has 5 nitrogen and oxygen atoms in total. The van der Waals surface area contributed by atoms with E-state index in [-0.39, 0.29) is 11.7 Å². The van der Waals surface area contributed by atoms with Crippen molar-refractivity contribution in [3.63, 3.8) is 0 Å². The standard InChI is InChI=1S/C21H18N2O3S/c1-14-20(15(2)26-23-14)12-27-13-21(24)25-19-9-7-18(8-10-19)17-5-3-16(11-22)4-6-17/h3-10H,12-13H2,1-2H3. The Morgan fingerprint density at radius 3 is 2.30 bits per heavy atom. The van der Waals surface area contributed by atoms with Gasteiger partial charge in [-0.15, -0.1) is 11.8 Å². The lowest BCUT2D eigenvalue weighted by Crippen LogP contribution is -2.10. The molecule has 2 aromatic carbocycles. The van der Waals surface area contributed by atoms with Crippen LogP contribution in [0.1, 0.15) is 22.6 Å². The van der Waals surface area contributed by atoms with Gasteiger partial charge in [-0.25, -0.2) is 0 Å². The zero-order chi connectivity index (χ0) is 19.2. The Bertz CT molecular complexity index is 951. The first kappa shape index (κ1) is 18.7. The summed E-state index contributed by atoms with van der Waals surface area (Å²) in [5.74, 6) is 1.91. The van der Waals surface area contributed by atoms with Gasteiger partial charge in [0.25, 0.3) is 0 Å². The molecule has 136 valence electrons. The molecule has 3 aromatic rings. The lowest BCUT2D eigenvalue weighted by Gasteiger charge is -2.06. The van der Waals surface area contributed by atoms with Gasteiger partial charge in [-0.2, -0.15) is 5.26 Å². The van der Waals surface area contributed by atoms with Crippen LogP contribution in [0.15, 0.2) is 53.1 Å². The quantitative estimate of drug-likeness (QED) is 0.458. The minimum atomic E-state index is -0.294. The number of thioether (sulfide) groups is 1. The van der Waals surface area contributed by atoms with Crippen molar-refractivity contribution < 1.29 is 14.1 Å². The molecule has 1 aromatic heterocycles. The number of carbonyl (C=O) groups excluding carboxylic acids is 1. The molecule has 0 radical (unpaired) electrons. The van der Waals surface area contributed by atoms with E-state index in [4.69, 9.17) is 14.5 Å². The second-order valence-corrected chi connectivity index (χ2v) is 6.97. The lowest BCUT2D eigenvalue weighted by molar-refractivity contribution is -0.131. The lowest BCUT2D eigenvalue weighted by atomic mass is 10.0. The summed E-state index contributed by atoms with van der Waals surface area (Å²) in [7, 11) is 0. The third-order valence-corrected chi connectivity index (χ3v) is 5.01. The number of benzene rings is 2. The highest BCUT2D eigenvalue weighted by molar-refractivity contribution is 7.99. The maximum Gasteiger partial charge on any atom is 0.321 e. The second kappa shape index (κ2) is 8.56. The van der Waals surface area contributed by atoms with E-state index in [1.807, 2.05) is 38.1 Å². The molecule has 0 spiro atoms. The van der Waals surface area contributed by atoms with E-state index in [2.05, 4.69) is 11.2 Å². The van der Waals surface area contributed by atoms with Crippen molar-refractivity contribution in [3.05, 3.63) is 71.1 Å². The smallest absolute Gasteiger partial charge is 0.321 e. The van der Waals surface area contributed by atoms with Crippen LogP contribution in [0.25, 0.3) is 11.1 Å². The number of nitriles is 1. The first-order chi connectivity index (χ1) is 13.1. The van der Waals surface area contributed by atoms with E-state index in [1.54, 1.807) is 24.3 Å². The molecule has 0 atom stereocenters. The molecule has 0 saturated heterocycles. The molecular weight excluding hydrogens is 360 g/mol. The number of carbonyl (C=O) groups is 1. The van der Waals surface area contributed by atoms with Gasteiger partial charge in [0, 0.05) is 11.3 Å². The van der Waals surface area contributed by atoms with Gasteiger partial charge in [-0.3, -0.25) is 4.79 Å². The zero-order valence-electron chi connectivity index (χ0n) is 15.1. The Morgan fingerprint density at radius 1 is 1.11 bits per heavy atom. The van der Waals surface area contributed by atoms with Gasteiger partial charge in [0.15, 0.2) is 0 Å². The van der Waals surface area contributed by atoms with Crippen molar-refractivity contribution in [1.29, 1.82) is 5.26 Å². The van der Waals surface area contributed by atoms with Crippen LogP contribution in [0.4, 0.5) is 0 Å². The molecule has 6 heteroatoms. The van der Waals surface area contributed by atoms with E-state index in [0.717, 1.165) is 28.1 Å². The van der Waals surface area contributed by atoms with Crippen LogP contribution in [-0.2, 0) is 10.5 Å². The maximum absolute atomic E-state index is 12.0. The molecular formula is C21H18N2O3S. The summed E-state index contributed by atoms with van der Waals surface area (Å²) in [5, 5.41) is 12.8. The van der Waals surface area contributed by atoms with E-state index in [9.17, 15) is 4.79 Å². The average molecular weight is 378 g/mol. The van der Waals surface area contributed by atoms with E-state index < -0.39 is 0 Å². The van der Waals surface area contributed by atoms with Crippen LogP contribution in [0.3, 0.4) is 0 Å². The number of ether oxygens (including phenoxy) is 1. The Hall–Kier alpha value is -3.04. The summed E-state index contributed by atoms with van der Waals surface area (Å²) in [4.78, 5) is 12.0. The third kappa shape index (κ3) is 4.78. The molecule has 0 N–H and O–H groups in total. The van der Waals surface area contributed by atoms with E-state index in [1.165, 1.54) is 11.8 Å². The summed E-state index contributed by atoms with van der Waals surface area (Å²) in [6.07, 6.45) is 0. The van der Waals surface area contributed by atoms with Crippen molar-refractivity contribution >= 4 is 17.7 Å². The number of hydrogen-bond donors (Lipinski definition) is 0. The largest absolute Gasteiger partial charge is 0.426 e. The fourth-order valence-electron chi connectivity index (χ4n) is 2.56. The number of rotatable bonds is 6. The summed E-state index contributed by atoms with van der Waals surface area (Å²) < 4.78 is 10.5. The SMILES string of the molecule is Cc1noc(C)c1CSCC(=O)Oc1ccc(-c2ccc(C#N)cc2)cc1. The maximum atomic E-state index is 12.0. The van der Waals surface area contributed by atoms with Crippen molar-refractivity contribution in [2.75, 3.05) is 5.75 Å². The Balaban J connectivity index is 1.53. The number of nitrogens with zero attached hydrogens (tertiary/aromatic N) is 2. The van der Waals surface area contributed by atoms with Crippen LogP contribution in [0.2, 0.25) is 0 Å². The Morgan fingerprint density at radius 2 is 1.74 bits per heavy atom. The summed E-state index contributed by atoms with van der Waals surface area (Å²) in [6.45, 7) is 3.75. The topological polar surface area (TPSA) is 76.1 Å². The number of aromatic nitrogens is 1. The van der Waals surface area contributed by atoms with Gasteiger partial charge < -0.3 is 9.26 Å². The van der Waals surface area contributed by atoms with Crippen LogP contribution < -0.4 is 4.74 Å². The van der Waals surface area contributed by atoms with Crippen molar-refractivity contribution in [3.8, 4) is 22.9 Å². The highest BCUT2D eigenvalue weighted by Gasteiger charge is 2.11. The Kier molecular flexibility index (Phi) is 5.94. The van der Waals surface area contributed by atoms with Crippen molar-refractivity contribution in [2.45, 2.75) is 19.6 Å². The number of hydrogen-bond acceptors (Lipinski definition) is 6. The second-order valence-electron chi connectivity index (χ2n) is 5.98. The zero-order valence-corrected chi connectivity index (χ0v) is 15.9. The first-order valence-corrected chi connectivity index (χ1v) is 9.53. The van der Waals surface area contributed by atoms with Gasteiger partial charge in [0.05, 0.1) is 23.1 Å². The molecule has 27 heavy (non-hydrogen) atoms. The van der Waals surface area contributed by atoms with Crippen LogP contribution in [-0.4, -0.2) is 16.9 Å². The fourth-order valence-corrected chi connectivity index (χ4v) is 3.50. The molecule has 0 aliphatic heterocycles. The monoisotopic (exact) mass is 378 g/mol. The molecule has 0 saturated carbocycles. The molecule has 0 amide bonds. The predicted molar refractivity (Wildman–Crippen MR) is 104 cm³/mol. The van der Waals surface area contributed by atoms with E-state index >= 15 is 0 Å². The minimum Gasteiger partial charge on any atom is -0.426 e. The minimum absolute atomic E-state index is 0.251. The van der Waals surface area contributed by atoms with Crippen LogP contribution >= 0.6 is 11.8 Å². The van der Waals surface area contributed by atoms with Crippen molar-refractivity contribution in [1.82, 2.24) is 5.16 Å². The molecule has 0 fully saturated rings. The van der Waals surface area contributed by atoms with E-state index in [0.29, 0.717) is 17.1 Å². The van der Waals surface area contributed by atoms with Crippen LogP contribution in [0, 0.1) is 25.2 Å². The van der Waals surface area contributed by atoms with Gasteiger partial charge >= 0.3 is 5.97 Å². The first-order valence-electron chi connectivity index (χ1n) is 8.37. The van der Waals surface area contributed by atoms with Crippen molar-refractivity contribution in [2.24, 2.45) is 0 Å².